The van der Waals surface area contributed by atoms with Crippen molar-refractivity contribution >= 4 is 29.8 Å². The Morgan fingerprint density at radius 3 is 2.31 bits per heavy atom. The van der Waals surface area contributed by atoms with Gasteiger partial charge in [0.05, 0.1) is 12.7 Å². The lowest BCUT2D eigenvalue weighted by atomic mass is 9.87. The van der Waals surface area contributed by atoms with E-state index >= 15 is 0 Å². The third-order valence-corrected chi connectivity index (χ3v) is 4.46. The van der Waals surface area contributed by atoms with E-state index in [-0.39, 0.29) is 16.9 Å². The van der Waals surface area contributed by atoms with Crippen LogP contribution in [0.1, 0.15) is 32.6 Å². The van der Waals surface area contributed by atoms with Gasteiger partial charge >= 0.3 is 6.18 Å². The number of methoxy groups -OCH3 is 1. The van der Waals surface area contributed by atoms with Crippen LogP contribution in [-0.4, -0.2) is 18.7 Å². The number of carbonyl (C=O) groups excluding carboxylic acids is 2. The predicted octanol–water partition coefficient (Wildman–Crippen LogP) is 2.46. The molecule has 0 amide bonds. The fourth-order valence-corrected chi connectivity index (χ4v) is 3.23. The molecule has 0 saturated carbocycles. The van der Waals surface area contributed by atoms with Gasteiger partial charge in [-0.15, -0.1) is 0 Å². The molecular formula is C20H11F3O3. The highest BCUT2D eigenvalue weighted by atomic mass is 19.4. The number of hydrogen-bond acceptors (Lipinski definition) is 3. The first kappa shape index (κ1) is 16.3. The van der Waals surface area contributed by atoms with Gasteiger partial charge in [-0.3, -0.25) is 9.59 Å². The average molecular weight is 356 g/mol. The van der Waals surface area contributed by atoms with Gasteiger partial charge < -0.3 is 4.74 Å². The van der Waals surface area contributed by atoms with Crippen LogP contribution >= 0.6 is 0 Å². The molecule has 130 valence electrons. The number of carbonyl (C=O) groups is 2. The van der Waals surface area contributed by atoms with Crippen molar-refractivity contribution in [1.29, 1.82) is 0 Å². The SMILES string of the molecule is COc1cc2c(cc1C(F)(F)F)C=c1cc3c(cc1C2=O)=CC(=O)C=C3. The lowest BCUT2D eigenvalue weighted by Gasteiger charge is -2.18. The molecule has 0 aromatic heterocycles. The smallest absolute Gasteiger partial charge is 0.419 e. The van der Waals surface area contributed by atoms with Crippen molar-refractivity contribution in [2.24, 2.45) is 0 Å². The van der Waals surface area contributed by atoms with Crippen molar-refractivity contribution in [1.82, 2.24) is 0 Å². The van der Waals surface area contributed by atoms with Gasteiger partial charge in [0.25, 0.3) is 0 Å². The highest BCUT2D eigenvalue weighted by Crippen LogP contribution is 2.39. The largest absolute Gasteiger partial charge is 0.496 e. The number of fused-ring (bicyclic) bond motifs is 3. The summed E-state index contributed by atoms with van der Waals surface area (Å²) in [5.41, 5.74) is 0.483. The molecule has 0 N–H and O–H groups in total. The van der Waals surface area contributed by atoms with E-state index in [1.165, 1.54) is 12.2 Å². The van der Waals surface area contributed by atoms with Crippen LogP contribution in [0.5, 0.6) is 5.75 Å². The summed E-state index contributed by atoms with van der Waals surface area (Å²) in [5, 5.41) is 1.13. The van der Waals surface area contributed by atoms with Gasteiger partial charge in [0.15, 0.2) is 11.6 Å². The zero-order valence-electron chi connectivity index (χ0n) is 13.5. The Morgan fingerprint density at radius 1 is 0.846 bits per heavy atom. The zero-order chi connectivity index (χ0) is 18.6. The Kier molecular flexibility index (Phi) is 3.41. The minimum Gasteiger partial charge on any atom is -0.496 e. The molecule has 0 atom stereocenters. The van der Waals surface area contributed by atoms with E-state index in [1.54, 1.807) is 24.3 Å². The first-order valence-corrected chi connectivity index (χ1v) is 7.71. The quantitative estimate of drug-likeness (QED) is 0.673. The third kappa shape index (κ3) is 2.45. The molecule has 0 fully saturated rings. The minimum absolute atomic E-state index is 0.139. The zero-order valence-corrected chi connectivity index (χ0v) is 13.5. The number of ketones is 2. The molecule has 0 heterocycles. The molecule has 2 aliphatic carbocycles. The van der Waals surface area contributed by atoms with E-state index in [0.29, 0.717) is 16.0 Å². The molecule has 0 aliphatic heterocycles. The minimum atomic E-state index is -4.59. The third-order valence-electron chi connectivity index (χ3n) is 4.46. The number of halogens is 3. The van der Waals surface area contributed by atoms with E-state index in [2.05, 4.69) is 0 Å². The van der Waals surface area contributed by atoms with Crippen molar-refractivity contribution in [3.05, 3.63) is 68.6 Å². The summed E-state index contributed by atoms with van der Waals surface area (Å²) < 4.78 is 44.5. The van der Waals surface area contributed by atoms with Gasteiger partial charge in [0, 0.05) is 11.1 Å². The van der Waals surface area contributed by atoms with Crippen LogP contribution in [0.25, 0.3) is 18.2 Å². The number of ether oxygens (including phenoxy) is 1. The van der Waals surface area contributed by atoms with Gasteiger partial charge in [-0.2, -0.15) is 13.2 Å². The molecule has 0 radical (unpaired) electrons. The maximum atomic E-state index is 13.2. The molecule has 26 heavy (non-hydrogen) atoms. The van der Waals surface area contributed by atoms with Gasteiger partial charge in [0.2, 0.25) is 0 Å². The Morgan fingerprint density at radius 2 is 1.62 bits per heavy atom. The maximum absolute atomic E-state index is 13.2. The highest BCUT2D eigenvalue weighted by molar-refractivity contribution is 6.18. The van der Waals surface area contributed by atoms with E-state index in [0.717, 1.165) is 24.8 Å². The van der Waals surface area contributed by atoms with E-state index in [4.69, 9.17) is 4.74 Å². The molecular weight excluding hydrogens is 345 g/mol. The fourth-order valence-electron chi connectivity index (χ4n) is 3.23. The molecule has 0 spiro atoms. The number of allylic oxidation sites excluding steroid dienone is 1. The summed E-state index contributed by atoms with van der Waals surface area (Å²) in [7, 11) is 1.13. The summed E-state index contributed by atoms with van der Waals surface area (Å²) in [6, 6.07) is 5.34. The van der Waals surface area contributed by atoms with Crippen LogP contribution in [-0.2, 0) is 11.0 Å². The van der Waals surface area contributed by atoms with Crippen molar-refractivity contribution in [3.8, 4) is 5.75 Å². The number of hydrogen-bond donors (Lipinski definition) is 0. The van der Waals surface area contributed by atoms with Crippen LogP contribution in [0, 0.1) is 0 Å². The van der Waals surface area contributed by atoms with Crippen molar-refractivity contribution in [2.45, 2.75) is 6.18 Å². The summed E-state index contributed by atoms with van der Waals surface area (Å²) in [4.78, 5) is 24.4. The van der Waals surface area contributed by atoms with Crippen molar-refractivity contribution < 1.29 is 27.5 Å². The normalized spacial score (nSPS) is 14.8. The van der Waals surface area contributed by atoms with Crippen LogP contribution in [0.2, 0.25) is 0 Å². The monoisotopic (exact) mass is 356 g/mol. The first-order valence-electron chi connectivity index (χ1n) is 7.71. The van der Waals surface area contributed by atoms with Gasteiger partial charge in [-0.05, 0) is 64.1 Å². The van der Waals surface area contributed by atoms with Crippen LogP contribution in [0.3, 0.4) is 0 Å². The topological polar surface area (TPSA) is 43.4 Å². The van der Waals surface area contributed by atoms with E-state index in [1.807, 2.05) is 0 Å². The molecule has 4 rings (SSSR count). The Balaban J connectivity index is 2.01. The second-order valence-corrected chi connectivity index (χ2v) is 6.06. The summed E-state index contributed by atoms with van der Waals surface area (Å²) in [6.07, 6.45) is 1.41. The molecule has 2 aliphatic rings. The van der Waals surface area contributed by atoms with E-state index in [9.17, 15) is 22.8 Å². The van der Waals surface area contributed by atoms with Gasteiger partial charge in [-0.25, -0.2) is 0 Å². The molecule has 2 aromatic carbocycles. The highest BCUT2D eigenvalue weighted by Gasteiger charge is 2.36. The van der Waals surface area contributed by atoms with Crippen molar-refractivity contribution in [2.75, 3.05) is 7.11 Å². The number of alkyl halides is 3. The van der Waals surface area contributed by atoms with Gasteiger partial charge in [0.1, 0.15) is 5.75 Å². The standard InChI is InChI=1S/C20H11F3O3/c1-26-18-9-16-13(8-17(18)20(21,22)23)5-12-4-10-2-3-14(24)6-11(10)7-15(12)19(16)25/h2-9H,1H3. The summed E-state index contributed by atoms with van der Waals surface area (Å²) in [6.45, 7) is 0. The fraction of sp³-hybridized carbons (Fsp3) is 0.100. The van der Waals surface area contributed by atoms with Gasteiger partial charge in [-0.1, -0.05) is 6.08 Å². The maximum Gasteiger partial charge on any atom is 0.419 e. The van der Waals surface area contributed by atoms with Crippen LogP contribution in [0.4, 0.5) is 13.2 Å². The lowest BCUT2D eigenvalue weighted by Crippen LogP contribution is -2.27. The summed E-state index contributed by atoms with van der Waals surface area (Å²) >= 11 is 0. The molecule has 3 nitrogen and oxygen atoms in total. The predicted molar refractivity (Wildman–Crippen MR) is 89.2 cm³/mol. The van der Waals surface area contributed by atoms with Crippen LogP contribution in [0.15, 0.2) is 30.3 Å². The number of benzene rings is 2. The first-order chi connectivity index (χ1) is 12.3. The lowest BCUT2D eigenvalue weighted by molar-refractivity contribution is -0.138. The van der Waals surface area contributed by atoms with Crippen LogP contribution < -0.4 is 15.2 Å². The molecule has 2 aromatic rings. The average Bonchev–Trinajstić information content (AvgIpc) is 2.59. The van der Waals surface area contributed by atoms with E-state index < -0.39 is 23.3 Å². The Bertz CT molecular complexity index is 1140. The Labute approximate surface area is 145 Å². The van der Waals surface area contributed by atoms with Crippen molar-refractivity contribution in [3.63, 3.8) is 0 Å². The summed E-state index contributed by atoms with van der Waals surface area (Å²) in [5.74, 6) is -0.978. The molecule has 6 heteroatoms. The molecule has 0 saturated heterocycles. The molecule has 0 unspecified atom stereocenters. The second kappa shape index (κ2) is 5.42. The Hall–Kier alpha value is -3.15. The molecule has 0 bridgehead atoms. The second-order valence-electron chi connectivity index (χ2n) is 6.06. The number of rotatable bonds is 1.